The van der Waals surface area contributed by atoms with Gasteiger partial charge in [-0.15, -0.1) is 0 Å². The van der Waals surface area contributed by atoms with Crippen molar-refractivity contribution in [2.45, 2.75) is 32.2 Å². The average Bonchev–Trinajstić information content (AvgIpc) is 2.89. The molecule has 0 spiro atoms. The summed E-state index contributed by atoms with van der Waals surface area (Å²) < 4.78 is 5.23. The molecular formula is C16H22N2O2. The summed E-state index contributed by atoms with van der Waals surface area (Å²) in [5.74, 6) is 1.69. The van der Waals surface area contributed by atoms with Crippen LogP contribution in [-0.4, -0.2) is 37.0 Å². The van der Waals surface area contributed by atoms with E-state index >= 15 is 0 Å². The Kier molecular flexibility index (Phi) is 3.55. The number of rotatable bonds is 2. The molecule has 1 fully saturated rings. The Hall–Kier alpha value is -1.71. The molecule has 1 saturated heterocycles. The second-order valence-corrected chi connectivity index (χ2v) is 5.96. The van der Waals surface area contributed by atoms with Crippen molar-refractivity contribution in [1.82, 2.24) is 4.90 Å². The molecule has 3 rings (SSSR count). The van der Waals surface area contributed by atoms with Gasteiger partial charge in [-0.1, -0.05) is 13.0 Å². The van der Waals surface area contributed by atoms with Crippen molar-refractivity contribution >= 4 is 11.6 Å². The van der Waals surface area contributed by atoms with Gasteiger partial charge in [0.05, 0.1) is 7.11 Å². The monoisotopic (exact) mass is 274 g/mol. The van der Waals surface area contributed by atoms with Crippen LogP contribution in [0, 0.1) is 5.92 Å². The van der Waals surface area contributed by atoms with Crippen LogP contribution >= 0.6 is 0 Å². The number of piperidine rings is 1. The molecule has 108 valence electrons. The Morgan fingerprint density at radius 1 is 1.45 bits per heavy atom. The van der Waals surface area contributed by atoms with Crippen molar-refractivity contribution in [3.05, 3.63) is 23.8 Å². The second-order valence-electron chi connectivity index (χ2n) is 5.96. The van der Waals surface area contributed by atoms with Crippen LogP contribution in [0.5, 0.6) is 5.75 Å². The predicted molar refractivity (Wildman–Crippen MR) is 79.1 cm³/mol. The summed E-state index contributed by atoms with van der Waals surface area (Å²) in [7, 11) is 1.66. The molecule has 1 aromatic rings. The third-order valence-electron chi connectivity index (χ3n) is 4.34. The quantitative estimate of drug-likeness (QED) is 0.899. The molecule has 4 nitrogen and oxygen atoms in total. The standard InChI is InChI=1S/C16H22N2O2/c1-11-4-3-7-18(10-11)16(19)15-8-12-5-6-13(20-2)9-14(12)17-15/h5-6,9,11,15,17H,3-4,7-8,10H2,1-2H3/t11-,15?/m0/s1. The molecule has 1 amide bonds. The first kappa shape index (κ1) is 13.3. The lowest BCUT2D eigenvalue weighted by atomic mass is 9.99. The molecule has 0 aliphatic carbocycles. The van der Waals surface area contributed by atoms with Crippen molar-refractivity contribution in [1.29, 1.82) is 0 Å². The van der Waals surface area contributed by atoms with Crippen LogP contribution in [0.25, 0.3) is 0 Å². The first-order chi connectivity index (χ1) is 9.67. The zero-order valence-electron chi connectivity index (χ0n) is 12.2. The van der Waals surface area contributed by atoms with E-state index in [0.717, 1.165) is 37.4 Å². The number of likely N-dealkylation sites (tertiary alicyclic amines) is 1. The summed E-state index contributed by atoms with van der Waals surface area (Å²) in [5.41, 5.74) is 2.24. The Balaban J connectivity index is 1.69. The molecule has 2 aliphatic rings. The Labute approximate surface area is 120 Å². The average molecular weight is 274 g/mol. The fourth-order valence-electron chi connectivity index (χ4n) is 3.21. The van der Waals surface area contributed by atoms with Gasteiger partial charge in [-0.25, -0.2) is 0 Å². The molecule has 0 aromatic heterocycles. The maximum atomic E-state index is 12.6. The number of ether oxygens (including phenoxy) is 1. The smallest absolute Gasteiger partial charge is 0.245 e. The van der Waals surface area contributed by atoms with E-state index in [0.29, 0.717) is 5.92 Å². The zero-order valence-corrected chi connectivity index (χ0v) is 12.2. The second kappa shape index (κ2) is 5.35. The number of fused-ring (bicyclic) bond motifs is 1. The van der Waals surface area contributed by atoms with Gasteiger partial charge in [0, 0.05) is 31.3 Å². The minimum Gasteiger partial charge on any atom is -0.497 e. The van der Waals surface area contributed by atoms with E-state index in [1.54, 1.807) is 7.11 Å². The lowest BCUT2D eigenvalue weighted by Crippen LogP contribution is -2.46. The number of amides is 1. The van der Waals surface area contributed by atoms with Gasteiger partial charge in [-0.05, 0) is 30.4 Å². The first-order valence-electron chi connectivity index (χ1n) is 7.39. The highest BCUT2D eigenvalue weighted by molar-refractivity contribution is 5.87. The maximum Gasteiger partial charge on any atom is 0.245 e. The van der Waals surface area contributed by atoms with Crippen molar-refractivity contribution < 1.29 is 9.53 Å². The number of methoxy groups -OCH3 is 1. The molecule has 0 saturated carbocycles. The van der Waals surface area contributed by atoms with Crippen LogP contribution in [0.15, 0.2) is 18.2 Å². The number of carbonyl (C=O) groups is 1. The summed E-state index contributed by atoms with van der Waals surface area (Å²) in [6.07, 6.45) is 3.14. The van der Waals surface area contributed by atoms with Gasteiger partial charge in [0.25, 0.3) is 0 Å². The number of hydrogen-bond acceptors (Lipinski definition) is 3. The van der Waals surface area contributed by atoms with Gasteiger partial charge in [-0.3, -0.25) is 4.79 Å². The van der Waals surface area contributed by atoms with E-state index < -0.39 is 0 Å². The van der Waals surface area contributed by atoms with E-state index in [4.69, 9.17) is 4.74 Å². The summed E-state index contributed by atoms with van der Waals surface area (Å²) >= 11 is 0. The maximum absolute atomic E-state index is 12.6. The largest absolute Gasteiger partial charge is 0.497 e. The topological polar surface area (TPSA) is 41.6 Å². The first-order valence-corrected chi connectivity index (χ1v) is 7.39. The van der Waals surface area contributed by atoms with E-state index in [2.05, 4.69) is 12.2 Å². The highest BCUT2D eigenvalue weighted by Crippen LogP contribution is 2.30. The summed E-state index contributed by atoms with van der Waals surface area (Å²) in [6, 6.07) is 5.87. The Bertz CT molecular complexity index is 515. The van der Waals surface area contributed by atoms with Crippen molar-refractivity contribution in [2.75, 3.05) is 25.5 Å². The third-order valence-corrected chi connectivity index (χ3v) is 4.34. The highest BCUT2D eigenvalue weighted by Gasteiger charge is 2.32. The van der Waals surface area contributed by atoms with Gasteiger partial charge >= 0.3 is 0 Å². The van der Waals surface area contributed by atoms with Crippen LogP contribution in [0.2, 0.25) is 0 Å². The molecular weight excluding hydrogens is 252 g/mol. The van der Waals surface area contributed by atoms with E-state index in [1.807, 2.05) is 23.1 Å². The zero-order chi connectivity index (χ0) is 14.1. The van der Waals surface area contributed by atoms with E-state index in [-0.39, 0.29) is 11.9 Å². The highest BCUT2D eigenvalue weighted by atomic mass is 16.5. The fraction of sp³-hybridized carbons (Fsp3) is 0.562. The number of hydrogen-bond donors (Lipinski definition) is 1. The molecule has 4 heteroatoms. The van der Waals surface area contributed by atoms with Crippen LogP contribution < -0.4 is 10.1 Å². The molecule has 1 aromatic carbocycles. The number of carbonyl (C=O) groups excluding carboxylic acids is 1. The minimum atomic E-state index is -0.109. The number of anilines is 1. The molecule has 0 radical (unpaired) electrons. The third kappa shape index (κ3) is 2.47. The number of nitrogens with zero attached hydrogens (tertiary/aromatic N) is 1. The normalized spacial score (nSPS) is 25.0. The Morgan fingerprint density at radius 2 is 2.30 bits per heavy atom. The summed E-state index contributed by atoms with van der Waals surface area (Å²) in [5, 5.41) is 3.35. The molecule has 2 atom stereocenters. The van der Waals surface area contributed by atoms with Crippen molar-refractivity contribution in [2.24, 2.45) is 5.92 Å². The van der Waals surface area contributed by atoms with Crippen LogP contribution in [0.4, 0.5) is 5.69 Å². The van der Waals surface area contributed by atoms with E-state index in [1.165, 1.54) is 12.0 Å². The molecule has 1 unspecified atom stereocenters. The van der Waals surface area contributed by atoms with Crippen LogP contribution in [-0.2, 0) is 11.2 Å². The van der Waals surface area contributed by atoms with Crippen molar-refractivity contribution in [3.8, 4) is 5.75 Å². The summed E-state index contributed by atoms with van der Waals surface area (Å²) in [6.45, 7) is 4.03. The SMILES string of the molecule is COc1ccc2c(c1)NC(C(=O)N1CCC[C@H](C)C1)C2. The summed E-state index contributed by atoms with van der Waals surface area (Å²) in [4.78, 5) is 14.6. The molecule has 2 aliphatic heterocycles. The number of benzene rings is 1. The molecule has 1 N–H and O–H groups in total. The predicted octanol–water partition coefficient (Wildman–Crippen LogP) is 2.29. The lowest BCUT2D eigenvalue weighted by molar-refractivity contribution is -0.133. The molecule has 0 bridgehead atoms. The minimum absolute atomic E-state index is 0.109. The van der Waals surface area contributed by atoms with Crippen molar-refractivity contribution in [3.63, 3.8) is 0 Å². The lowest BCUT2D eigenvalue weighted by Gasteiger charge is -2.32. The van der Waals surface area contributed by atoms with Gasteiger partial charge in [-0.2, -0.15) is 0 Å². The van der Waals surface area contributed by atoms with Gasteiger partial charge in [0.2, 0.25) is 5.91 Å². The molecule has 2 heterocycles. The van der Waals surface area contributed by atoms with Gasteiger partial charge < -0.3 is 15.0 Å². The van der Waals surface area contributed by atoms with Gasteiger partial charge in [0.1, 0.15) is 11.8 Å². The van der Waals surface area contributed by atoms with E-state index in [9.17, 15) is 4.79 Å². The van der Waals surface area contributed by atoms with Crippen LogP contribution in [0.1, 0.15) is 25.3 Å². The number of nitrogens with one attached hydrogen (secondary N) is 1. The molecule has 20 heavy (non-hydrogen) atoms. The van der Waals surface area contributed by atoms with Crippen LogP contribution in [0.3, 0.4) is 0 Å². The van der Waals surface area contributed by atoms with Gasteiger partial charge in [0.15, 0.2) is 0 Å². The Morgan fingerprint density at radius 3 is 3.05 bits per heavy atom. The fourth-order valence-corrected chi connectivity index (χ4v) is 3.21.